The molecule has 0 unspecified atom stereocenters. The largest absolute Gasteiger partial charge is 0.455 e. The molecule has 2 heterocycles. The number of thiazole rings is 1. The molecule has 35 heavy (non-hydrogen) atoms. The monoisotopic (exact) mass is 488 g/mol. The van der Waals surface area contributed by atoms with E-state index in [-0.39, 0.29) is 31.2 Å². The van der Waals surface area contributed by atoms with Crippen LogP contribution in [0.3, 0.4) is 0 Å². The first-order valence-corrected chi connectivity index (χ1v) is 11.9. The fourth-order valence-corrected chi connectivity index (χ4v) is 4.74. The lowest BCUT2D eigenvalue weighted by atomic mass is 9.99. The maximum atomic E-state index is 13.4. The number of nitrogens with one attached hydrogen (secondary N) is 1. The summed E-state index contributed by atoms with van der Waals surface area (Å²) in [6.45, 7) is 2.08. The first kappa shape index (κ1) is 22.7. The first-order chi connectivity index (χ1) is 17.0. The Balaban J connectivity index is 1.31. The third-order valence-electron chi connectivity index (χ3n) is 5.55. The Morgan fingerprint density at radius 3 is 2.66 bits per heavy atom. The van der Waals surface area contributed by atoms with Crippen LogP contribution >= 0.6 is 11.3 Å². The van der Waals surface area contributed by atoms with Gasteiger partial charge in [0.25, 0.3) is 0 Å². The highest BCUT2D eigenvalue weighted by Crippen LogP contribution is 2.35. The molecular formula is C27H21FN2O4S. The molecule has 3 aromatic carbocycles. The van der Waals surface area contributed by atoms with Gasteiger partial charge in [-0.15, -0.1) is 11.3 Å². The fraction of sp³-hybridized carbons (Fsp3) is 0.148. The van der Waals surface area contributed by atoms with Crippen molar-refractivity contribution in [3.05, 3.63) is 88.7 Å². The Hall–Kier alpha value is -4.04. The molecule has 6 nitrogen and oxygen atoms in total. The number of para-hydroxylation sites is 1. The number of carbonyl (C=O) groups excluding carboxylic acids is 2. The summed E-state index contributed by atoms with van der Waals surface area (Å²) in [7, 11) is 0. The van der Waals surface area contributed by atoms with Gasteiger partial charge in [0.1, 0.15) is 28.8 Å². The number of carbonyl (C=O) groups is 2. The van der Waals surface area contributed by atoms with E-state index in [4.69, 9.17) is 9.15 Å². The molecule has 0 fully saturated rings. The molecule has 0 atom stereocenters. The molecular weight excluding hydrogens is 467 g/mol. The average Bonchev–Trinajstić information content (AvgIpc) is 3.47. The lowest BCUT2D eigenvalue weighted by Crippen LogP contribution is -2.23. The number of alkyl carbamates (subject to hydrolysis) is 1. The molecule has 0 spiro atoms. The van der Waals surface area contributed by atoms with Gasteiger partial charge in [0.05, 0.1) is 22.3 Å². The number of amides is 1. The zero-order chi connectivity index (χ0) is 24.4. The molecule has 176 valence electrons. The summed E-state index contributed by atoms with van der Waals surface area (Å²) in [4.78, 5) is 29.5. The predicted molar refractivity (Wildman–Crippen MR) is 133 cm³/mol. The van der Waals surface area contributed by atoms with Gasteiger partial charge in [-0.05, 0) is 54.1 Å². The summed E-state index contributed by atoms with van der Waals surface area (Å²) in [6, 6.07) is 18.9. The van der Waals surface area contributed by atoms with E-state index in [1.54, 1.807) is 37.3 Å². The van der Waals surface area contributed by atoms with Gasteiger partial charge in [-0.25, -0.2) is 14.2 Å². The van der Waals surface area contributed by atoms with Crippen LogP contribution in [0.5, 0.6) is 0 Å². The topological polar surface area (TPSA) is 81.4 Å². The number of ether oxygens (including phenoxy) is 1. The van der Waals surface area contributed by atoms with Crippen LogP contribution in [0.4, 0.5) is 9.18 Å². The van der Waals surface area contributed by atoms with Crippen molar-refractivity contribution in [1.29, 1.82) is 0 Å². The Morgan fingerprint density at radius 2 is 1.89 bits per heavy atom. The molecule has 0 saturated carbocycles. The second-order valence-electron chi connectivity index (χ2n) is 7.93. The molecule has 5 rings (SSSR count). The number of rotatable bonds is 7. The van der Waals surface area contributed by atoms with E-state index in [0.717, 1.165) is 15.2 Å². The first-order valence-electron chi connectivity index (χ1n) is 11.1. The van der Waals surface area contributed by atoms with Crippen molar-refractivity contribution in [1.82, 2.24) is 10.3 Å². The van der Waals surface area contributed by atoms with Crippen molar-refractivity contribution < 1.29 is 23.1 Å². The van der Waals surface area contributed by atoms with E-state index >= 15 is 0 Å². The van der Waals surface area contributed by atoms with Crippen LogP contribution in [0, 0.1) is 5.82 Å². The van der Waals surface area contributed by atoms with Gasteiger partial charge in [0.15, 0.2) is 5.78 Å². The highest BCUT2D eigenvalue weighted by Gasteiger charge is 2.21. The normalized spacial score (nSPS) is 11.1. The highest BCUT2D eigenvalue weighted by atomic mass is 32.1. The minimum Gasteiger partial charge on any atom is -0.455 e. The van der Waals surface area contributed by atoms with E-state index in [1.165, 1.54) is 23.5 Å². The number of furan rings is 1. The van der Waals surface area contributed by atoms with Crippen LogP contribution in [-0.2, 0) is 17.9 Å². The molecule has 2 aromatic heterocycles. The van der Waals surface area contributed by atoms with Crippen molar-refractivity contribution in [2.75, 3.05) is 0 Å². The van der Waals surface area contributed by atoms with Crippen LogP contribution in [0.25, 0.3) is 32.5 Å². The molecule has 0 saturated heterocycles. The minimum absolute atomic E-state index is 0.0262. The minimum atomic E-state index is -0.562. The van der Waals surface area contributed by atoms with Crippen LogP contribution in [0.2, 0.25) is 0 Å². The molecule has 8 heteroatoms. The van der Waals surface area contributed by atoms with Crippen molar-refractivity contribution in [2.24, 2.45) is 0 Å². The number of fused-ring (bicyclic) bond motifs is 2. The molecule has 0 aliphatic rings. The Labute approximate surface area is 204 Å². The van der Waals surface area contributed by atoms with Gasteiger partial charge in [0, 0.05) is 17.4 Å². The Morgan fingerprint density at radius 1 is 1.09 bits per heavy atom. The summed E-state index contributed by atoms with van der Waals surface area (Å²) in [5.74, 6) is -0.0534. The van der Waals surface area contributed by atoms with Crippen LogP contribution < -0.4 is 5.32 Å². The van der Waals surface area contributed by atoms with Gasteiger partial charge >= 0.3 is 6.09 Å². The maximum Gasteiger partial charge on any atom is 0.407 e. The third kappa shape index (κ3) is 4.79. The smallest absolute Gasteiger partial charge is 0.407 e. The number of ketones is 1. The Kier molecular flexibility index (Phi) is 6.29. The standard InChI is InChI=1S/C27H21FN2O4S/c1-2-21(31)25-19-13-16(7-12-22(19)34-26(25)17-8-10-18(28)11-9-17)15-33-27(32)29-14-24-30-20-5-3-4-6-23(20)35-24/h3-13H,2,14-15H2,1H3,(H,29,32). The second kappa shape index (κ2) is 9.68. The van der Waals surface area contributed by atoms with Crippen molar-refractivity contribution in [2.45, 2.75) is 26.5 Å². The lowest BCUT2D eigenvalue weighted by Gasteiger charge is -2.06. The van der Waals surface area contributed by atoms with Gasteiger partial charge in [-0.2, -0.15) is 0 Å². The lowest BCUT2D eigenvalue weighted by molar-refractivity contribution is 0.0989. The number of aromatic nitrogens is 1. The molecule has 5 aromatic rings. The molecule has 0 aliphatic carbocycles. The van der Waals surface area contributed by atoms with Crippen LogP contribution in [0.15, 0.2) is 71.1 Å². The number of halogens is 1. The van der Waals surface area contributed by atoms with Gasteiger partial charge < -0.3 is 14.5 Å². The highest BCUT2D eigenvalue weighted by molar-refractivity contribution is 7.18. The van der Waals surface area contributed by atoms with Gasteiger partial charge in [0.2, 0.25) is 0 Å². The zero-order valence-electron chi connectivity index (χ0n) is 18.8. The zero-order valence-corrected chi connectivity index (χ0v) is 19.7. The number of hydrogen-bond acceptors (Lipinski definition) is 6. The van der Waals surface area contributed by atoms with E-state index in [2.05, 4.69) is 10.3 Å². The predicted octanol–water partition coefficient (Wildman–Crippen LogP) is 6.87. The molecule has 1 N–H and O–H groups in total. The summed E-state index contributed by atoms with van der Waals surface area (Å²) in [5.41, 5.74) is 3.20. The van der Waals surface area contributed by atoms with E-state index in [1.807, 2.05) is 24.3 Å². The number of hydrogen-bond donors (Lipinski definition) is 1. The van der Waals surface area contributed by atoms with Gasteiger partial charge in [-0.3, -0.25) is 4.79 Å². The summed E-state index contributed by atoms with van der Waals surface area (Å²) < 4.78 is 25.8. The van der Waals surface area contributed by atoms with Crippen LogP contribution in [-0.4, -0.2) is 16.9 Å². The van der Waals surface area contributed by atoms with Crippen molar-refractivity contribution in [3.8, 4) is 11.3 Å². The fourth-order valence-electron chi connectivity index (χ4n) is 3.84. The molecule has 1 amide bonds. The summed E-state index contributed by atoms with van der Waals surface area (Å²) in [5, 5.41) is 4.14. The van der Waals surface area contributed by atoms with Crippen molar-refractivity contribution in [3.63, 3.8) is 0 Å². The summed E-state index contributed by atoms with van der Waals surface area (Å²) >= 11 is 1.52. The SMILES string of the molecule is CCC(=O)c1c(-c2ccc(F)cc2)oc2ccc(COC(=O)NCc3nc4ccccc4s3)cc12. The Bertz CT molecular complexity index is 1510. The number of nitrogens with zero attached hydrogens (tertiary/aromatic N) is 1. The number of benzene rings is 3. The molecule has 0 aliphatic heterocycles. The van der Waals surface area contributed by atoms with E-state index in [9.17, 15) is 14.0 Å². The van der Waals surface area contributed by atoms with Crippen molar-refractivity contribution >= 4 is 44.4 Å². The van der Waals surface area contributed by atoms with Gasteiger partial charge in [-0.1, -0.05) is 25.1 Å². The third-order valence-corrected chi connectivity index (χ3v) is 6.59. The van der Waals surface area contributed by atoms with Crippen LogP contribution in [0.1, 0.15) is 34.3 Å². The van der Waals surface area contributed by atoms with E-state index < -0.39 is 6.09 Å². The second-order valence-corrected chi connectivity index (χ2v) is 9.04. The maximum absolute atomic E-state index is 13.4. The molecule has 0 bridgehead atoms. The molecule has 0 radical (unpaired) electrons. The van der Waals surface area contributed by atoms with E-state index in [0.29, 0.717) is 33.4 Å². The quantitative estimate of drug-likeness (QED) is 0.253. The number of Topliss-reactive ketones (excluding diaryl/α,β-unsaturated/α-hetero) is 1. The summed E-state index contributed by atoms with van der Waals surface area (Å²) in [6.07, 6.45) is -0.272. The average molecular weight is 489 g/mol.